The molecular weight excluding hydrogens is 368 g/mol. The summed E-state index contributed by atoms with van der Waals surface area (Å²) >= 11 is 6.39. The number of ether oxygens (including phenoxy) is 2. The Morgan fingerprint density at radius 2 is 2.15 bits per heavy atom. The number of hydrogen-bond acceptors (Lipinski definition) is 4. The molecule has 1 heterocycles. The van der Waals surface area contributed by atoms with E-state index in [0.29, 0.717) is 22.1 Å². The lowest BCUT2D eigenvalue weighted by Gasteiger charge is -2.17. The summed E-state index contributed by atoms with van der Waals surface area (Å²) in [6.45, 7) is 3.62. The third kappa shape index (κ3) is 3.90. The van der Waals surface area contributed by atoms with Crippen molar-refractivity contribution >= 4 is 22.5 Å². The summed E-state index contributed by atoms with van der Waals surface area (Å²) in [4.78, 5) is 14.2. The molecule has 1 aromatic heterocycles. The normalized spacial score (nSPS) is 11.9. The highest BCUT2D eigenvalue weighted by molar-refractivity contribution is 6.32. The molecule has 6 nitrogen and oxygen atoms in total. The molecule has 0 aliphatic heterocycles. The van der Waals surface area contributed by atoms with Gasteiger partial charge >= 0.3 is 0 Å². The summed E-state index contributed by atoms with van der Waals surface area (Å²) in [5.41, 5.74) is 2.44. The van der Waals surface area contributed by atoms with E-state index in [0.717, 1.165) is 16.5 Å². The van der Waals surface area contributed by atoms with Gasteiger partial charge in [0.1, 0.15) is 6.61 Å². The second-order valence-electron chi connectivity index (χ2n) is 5.99. The summed E-state index contributed by atoms with van der Waals surface area (Å²) in [5.74, 6) is 0.324. The van der Waals surface area contributed by atoms with Gasteiger partial charge in [-0.25, -0.2) is 0 Å². The Balaban J connectivity index is 2.12. The molecule has 27 heavy (non-hydrogen) atoms. The van der Waals surface area contributed by atoms with Gasteiger partial charge in [-0.3, -0.25) is 10.1 Å². The molecule has 140 valence electrons. The number of methoxy groups -OCH3 is 1. The van der Waals surface area contributed by atoms with Gasteiger partial charge < -0.3 is 14.5 Å². The summed E-state index contributed by atoms with van der Waals surface area (Å²) in [6.07, 6.45) is 3.41. The number of fused-ring (bicyclic) bond motifs is 1. The Hall–Kier alpha value is -2.99. The van der Waals surface area contributed by atoms with Crippen LogP contribution >= 0.6 is 11.6 Å². The number of aromatic amines is 1. The average molecular weight is 387 g/mol. The Kier molecular flexibility index (Phi) is 5.66. The van der Waals surface area contributed by atoms with Gasteiger partial charge in [0.15, 0.2) is 11.5 Å². The molecule has 0 radical (unpaired) electrons. The van der Waals surface area contributed by atoms with Gasteiger partial charge in [0, 0.05) is 22.0 Å². The maximum Gasteiger partial charge on any atom is 0.214 e. The monoisotopic (exact) mass is 386 g/mol. The fourth-order valence-corrected chi connectivity index (χ4v) is 3.41. The number of hydrogen-bond donors (Lipinski definition) is 1. The van der Waals surface area contributed by atoms with Gasteiger partial charge in [-0.15, -0.1) is 0 Å². The standard InChI is InChI=1S/C20H19ClN2O4/c1-3-8-27-20-17(21)9-13(10-19(20)26-2)16(12-23(24)25)15-11-22-18-7-5-4-6-14(15)18/h3-7,9-11,16,22H,1,8,12H2,2H3/t16-/m0/s1. The van der Waals surface area contributed by atoms with Gasteiger partial charge in [-0.05, 0) is 29.3 Å². The highest BCUT2D eigenvalue weighted by Gasteiger charge is 2.26. The summed E-state index contributed by atoms with van der Waals surface area (Å²) in [7, 11) is 1.50. The number of para-hydroxylation sites is 1. The van der Waals surface area contributed by atoms with Gasteiger partial charge in [0.2, 0.25) is 6.54 Å². The number of H-pyrrole nitrogens is 1. The first kappa shape index (κ1) is 18.8. The lowest BCUT2D eigenvalue weighted by Crippen LogP contribution is -2.14. The zero-order valence-electron chi connectivity index (χ0n) is 14.8. The van der Waals surface area contributed by atoms with Gasteiger partial charge in [0.25, 0.3) is 0 Å². The van der Waals surface area contributed by atoms with Crippen LogP contribution in [-0.2, 0) is 0 Å². The number of aromatic nitrogens is 1. The average Bonchev–Trinajstić information content (AvgIpc) is 3.08. The minimum absolute atomic E-state index is 0.270. The van der Waals surface area contributed by atoms with Crippen LogP contribution in [0, 0.1) is 10.1 Å². The Labute approximate surface area is 161 Å². The fraction of sp³-hybridized carbons (Fsp3) is 0.200. The Morgan fingerprint density at radius 3 is 2.85 bits per heavy atom. The van der Waals surface area contributed by atoms with Crippen LogP contribution in [0.3, 0.4) is 0 Å². The zero-order valence-corrected chi connectivity index (χ0v) is 15.5. The highest BCUT2D eigenvalue weighted by Crippen LogP contribution is 2.41. The van der Waals surface area contributed by atoms with Crippen molar-refractivity contribution in [3.05, 3.63) is 81.5 Å². The second kappa shape index (κ2) is 8.14. The van der Waals surface area contributed by atoms with Crippen molar-refractivity contribution in [1.29, 1.82) is 0 Å². The summed E-state index contributed by atoms with van der Waals surface area (Å²) in [6, 6.07) is 11.1. The fourth-order valence-electron chi connectivity index (χ4n) is 3.14. The topological polar surface area (TPSA) is 77.4 Å². The lowest BCUT2D eigenvalue weighted by molar-refractivity contribution is -0.481. The Morgan fingerprint density at radius 1 is 1.37 bits per heavy atom. The summed E-state index contributed by atoms with van der Waals surface area (Å²) < 4.78 is 11.0. The molecule has 0 saturated heterocycles. The first-order valence-corrected chi connectivity index (χ1v) is 8.71. The molecule has 0 fully saturated rings. The molecule has 3 aromatic rings. The van der Waals surface area contributed by atoms with Crippen molar-refractivity contribution in [3.63, 3.8) is 0 Å². The Bertz CT molecular complexity index is 983. The quantitative estimate of drug-likeness (QED) is 0.342. The zero-order chi connectivity index (χ0) is 19.4. The summed E-state index contributed by atoms with van der Waals surface area (Å²) in [5, 5.41) is 12.6. The van der Waals surface area contributed by atoms with Crippen LogP contribution in [0.25, 0.3) is 10.9 Å². The van der Waals surface area contributed by atoms with Crippen LogP contribution < -0.4 is 9.47 Å². The number of nitro groups is 1. The number of benzene rings is 2. The molecule has 1 N–H and O–H groups in total. The molecule has 0 aliphatic carbocycles. The minimum Gasteiger partial charge on any atom is -0.493 e. The van der Waals surface area contributed by atoms with Crippen LogP contribution in [0.1, 0.15) is 17.0 Å². The van der Waals surface area contributed by atoms with Crippen molar-refractivity contribution in [1.82, 2.24) is 4.98 Å². The van der Waals surface area contributed by atoms with Crippen LogP contribution in [0.5, 0.6) is 11.5 Å². The van der Waals surface area contributed by atoms with E-state index in [9.17, 15) is 10.1 Å². The van der Waals surface area contributed by atoms with E-state index in [1.165, 1.54) is 7.11 Å². The molecule has 0 bridgehead atoms. The molecule has 7 heteroatoms. The second-order valence-corrected chi connectivity index (χ2v) is 6.40. The van der Waals surface area contributed by atoms with Crippen LogP contribution in [0.2, 0.25) is 5.02 Å². The smallest absolute Gasteiger partial charge is 0.214 e. The number of nitrogens with one attached hydrogen (secondary N) is 1. The molecular formula is C20H19ClN2O4. The molecule has 1 atom stereocenters. The molecule has 0 amide bonds. The number of nitrogens with zero attached hydrogens (tertiary/aromatic N) is 1. The van der Waals surface area contributed by atoms with E-state index in [2.05, 4.69) is 11.6 Å². The third-order valence-electron chi connectivity index (χ3n) is 4.33. The van der Waals surface area contributed by atoms with Gasteiger partial charge in [-0.1, -0.05) is 42.5 Å². The molecule has 0 spiro atoms. The number of rotatable bonds is 8. The van der Waals surface area contributed by atoms with E-state index in [1.807, 2.05) is 24.3 Å². The largest absolute Gasteiger partial charge is 0.493 e. The molecule has 0 unspecified atom stereocenters. The lowest BCUT2D eigenvalue weighted by atomic mass is 9.90. The van der Waals surface area contributed by atoms with Crippen molar-refractivity contribution in [2.45, 2.75) is 5.92 Å². The molecule has 2 aromatic carbocycles. The van der Waals surface area contributed by atoms with E-state index >= 15 is 0 Å². The van der Waals surface area contributed by atoms with E-state index in [4.69, 9.17) is 21.1 Å². The van der Waals surface area contributed by atoms with Gasteiger partial charge in [-0.2, -0.15) is 0 Å². The van der Waals surface area contributed by atoms with Crippen molar-refractivity contribution in [3.8, 4) is 11.5 Å². The predicted molar refractivity (Wildman–Crippen MR) is 106 cm³/mol. The van der Waals surface area contributed by atoms with E-state index in [1.54, 1.807) is 24.4 Å². The highest BCUT2D eigenvalue weighted by atomic mass is 35.5. The minimum atomic E-state index is -0.490. The maximum absolute atomic E-state index is 11.4. The SMILES string of the molecule is C=CCOc1c(Cl)cc([C@H](C[N+](=O)[O-])c2c[nH]c3ccccc23)cc1OC. The van der Waals surface area contributed by atoms with Gasteiger partial charge in [0.05, 0.1) is 18.1 Å². The predicted octanol–water partition coefficient (Wildman–Crippen LogP) is 4.80. The number of halogens is 1. The van der Waals surface area contributed by atoms with Crippen LogP contribution in [0.4, 0.5) is 0 Å². The first-order chi connectivity index (χ1) is 13.0. The van der Waals surface area contributed by atoms with Crippen molar-refractivity contribution in [2.24, 2.45) is 0 Å². The molecule has 0 saturated carbocycles. The molecule has 3 rings (SSSR count). The molecule has 0 aliphatic rings. The third-order valence-corrected chi connectivity index (χ3v) is 4.61. The van der Waals surface area contributed by atoms with Crippen molar-refractivity contribution < 1.29 is 14.4 Å². The van der Waals surface area contributed by atoms with E-state index in [-0.39, 0.29) is 18.1 Å². The van der Waals surface area contributed by atoms with Crippen molar-refractivity contribution in [2.75, 3.05) is 20.3 Å². The van der Waals surface area contributed by atoms with Crippen LogP contribution in [0.15, 0.2) is 55.3 Å². The van der Waals surface area contributed by atoms with E-state index < -0.39 is 5.92 Å². The maximum atomic E-state index is 11.4. The first-order valence-electron chi connectivity index (χ1n) is 8.34. The van der Waals surface area contributed by atoms with Crippen LogP contribution in [-0.4, -0.2) is 30.2 Å².